The number of hydrogen-bond donors (Lipinski definition) is 2. The molecule has 114 valence electrons. The fraction of sp³-hybridized carbons (Fsp3) is 0.471. The Morgan fingerprint density at radius 2 is 2.14 bits per heavy atom. The van der Waals surface area contributed by atoms with Gasteiger partial charge in [0.05, 0.1) is 12.2 Å². The zero-order chi connectivity index (χ0) is 15.9. The monoisotopic (exact) mass is 291 g/mol. The predicted octanol–water partition coefficient (Wildman–Crippen LogP) is 2.73. The van der Waals surface area contributed by atoms with Gasteiger partial charge in [-0.25, -0.2) is 4.39 Å². The van der Waals surface area contributed by atoms with E-state index in [4.69, 9.17) is 5.11 Å². The van der Waals surface area contributed by atoms with Crippen LogP contribution in [0.1, 0.15) is 49.5 Å². The van der Waals surface area contributed by atoms with Crippen LogP contribution in [0.3, 0.4) is 0 Å². The van der Waals surface area contributed by atoms with E-state index < -0.39 is 11.7 Å². The van der Waals surface area contributed by atoms with Crippen LogP contribution in [0.25, 0.3) is 0 Å². The molecule has 0 radical (unpaired) electrons. The lowest BCUT2D eigenvalue weighted by atomic mass is 9.90. The minimum Gasteiger partial charge on any atom is -0.395 e. The molecule has 1 aromatic carbocycles. The maximum atomic E-state index is 13.8. The standard InChI is InChI=1S/C17H22FNO2/c1-4-17(2,3)12-19-16(21)14-11-13(7-5-6-10-20)8-9-15(14)18/h8-9,11,20H,4,6,10,12H2,1-3H3,(H,19,21). The van der Waals surface area contributed by atoms with E-state index in [1.165, 1.54) is 18.2 Å². The molecule has 2 N–H and O–H groups in total. The first-order valence-electron chi connectivity index (χ1n) is 7.07. The van der Waals surface area contributed by atoms with Gasteiger partial charge in [-0.15, -0.1) is 0 Å². The quantitative estimate of drug-likeness (QED) is 0.820. The van der Waals surface area contributed by atoms with Gasteiger partial charge in [-0.3, -0.25) is 4.79 Å². The van der Waals surface area contributed by atoms with Gasteiger partial charge < -0.3 is 10.4 Å². The second-order valence-electron chi connectivity index (χ2n) is 5.67. The smallest absolute Gasteiger partial charge is 0.254 e. The van der Waals surface area contributed by atoms with Crippen LogP contribution in [0.4, 0.5) is 4.39 Å². The summed E-state index contributed by atoms with van der Waals surface area (Å²) in [5.41, 5.74) is 0.535. The zero-order valence-corrected chi connectivity index (χ0v) is 12.8. The highest BCUT2D eigenvalue weighted by Gasteiger charge is 2.18. The van der Waals surface area contributed by atoms with E-state index in [0.29, 0.717) is 18.5 Å². The van der Waals surface area contributed by atoms with Crippen molar-refractivity contribution in [3.63, 3.8) is 0 Å². The summed E-state index contributed by atoms with van der Waals surface area (Å²) in [6.07, 6.45) is 1.27. The number of benzene rings is 1. The molecular formula is C17H22FNO2. The first-order valence-corrected chi connectivity index (χ1v) is 7.07. The molecule has 0 aliphatic rings. The lowest BCUT2D eigenvalue weighted by molar-refractivity contribution is 0.0931. The molecule has 0 saturated heterocycles. The Hall–Kier alpha value is -1.86. The number of hydrogen-bond acceptors (Lipinski definition) is 2. The summed E-state index contributed by atoms with van der Waals surface area (Å²) in [5.74, 6) is 4.55. The second-order valence-corrected chi connectivity index (χ2v) is 5.67. The van der Waals surface area contributed by atoms with E-state index in [-0.39, 0.29) is 17.6 Å². The topological polar surface area (TPSA) is 49.3 Å². The molecule has 3 nitrogen and oxygen atoms in total. The van der Waals surface area contributed by atoms with Crippen molar-refractivity contribution in [1.82, 2.24) is 5.32 Å². The van der Waals surface area contributed by atoms with Crippen LogP contribution in [0, 0.1) is 23.1 Å². The summed E-state index contributed by atoms with van der Waals surface area (Å²) in [6, 6.07) is 4.20. The molecule has 0 unspecified atom stereocenters. The summed E-state index contributed by atoms with van der Waals surface area (Å²) >= 11 is 0. The maximum Gasteiger partial charge on any atom is 0.254 e. The van der Waals surface area contributed by atoms with Crippen molar-refractivity contribution < 1.29 is 14.3 Å². The first kappa shape index (κ1) is 17.2. The predicted molar refractivity (Wildman–Crippen MR) is 81.4 cm³/mol. The molecule has 0 bridgehead atoms. The van der Waals surface area contributed by atoms with Crippen molar-refractivity contribution in [2.24, 2.45) is 5.41 Å². The highest BCUT2D eigenvalue weighted by atomic mass is 19.1. The van der Waals surface area contributed by atoms with E-state index in [1.807, 2.05) is 20.8 Å². The van der Waals surface area contributed by atoms with Gasteiger partial charge in [0.25, 0.3) is 5.91 Å². The Morgan fingerprint density at radius 1 is 1.43 bits per heavy atom. The van der Waals surface area contributed by atoms with Gasteiger partial charge in [-0.1, -0.05) is 32.6 Å². The molecule has 1 rings (SSSR count). The van der Waals surface area contributed by atoms with Gasteiger partial charge in [0.15, 0.2) is 0 Å². The van der Waals surface area contributed by atoms with Crippen molar-refractivity contribution in [3.8, 4) is 11.8 Å². The number of halogens is 1. The molecule has 0 aromatic heterocycles. The first-order chi connectivity index (χ1) is 9.89. The van der Waals surface area contributed by atoms with E-state index in [9.17, 15) is 9.18 Å². The highest BCUT2D eigenvalue weighted by molar-refractivity contribution is 5.94. The molecule has 0 aliphatic heterocycles. The fourth-order valence-corrected chi connectivity index (χ4v) is 1.54. The molecule has 0 aliphatic carbocycles. The Balaban J connectivity index is 2.84. The second kappa shape index (κ2) is 7.80. The van der Waals surface area contributed by atoms with Crippen LogP contribution in [0.5, 0.6) is 0 Å². The minimum absolute atomic E-state index is 0.00213. The fourth-order valence-electron chi connectivity index (χ4n) is 1.54. The average Bonchev–Trinajstić information content (AvgIpc) is 2.47. The molecule has 0 fully saturated rings. The van der Waals surface area contributed by atoms with Gasteiger partial charge in [-0.2, -0.15) is 0 Å². The Labute approximate surface area is 125 Å². The largest absolute Gasteiger partial charge is 0.395 e. The lowest BCUT2D eigenvalue weighted by Crippen LogP contribution is -2.34. The van der Waals surface area contributed by atoms with E-state index in [1.54, 1.807) is 0 Å². The maximum absolute atomic E-state index is 13.8. The number of rotatable bonds is 5. The van der Waals surface area contributed by atoms with Crippen LogP contribution in [0.15, 0.2) is 18.2 Å². The molecule has 4 heteroatoms. The van der Waals surface area contributed by atoms with Crippen LogP contribution >= 0.6 is 0 Å². The Kier molecular flexibility index (Phi) is 6.39. The third kappa shape index (κ3) is 5.57. The number of nitrogens with one attached hydrogen (secondary N) is 1. The van der Waals surface area contributed by atoms with Crippen molar-refractivity contribution in [1.29, 1.82) is 0 Å². The lowest BCUT2D eigenvalue weighted by Gasteiger charge is -2.22. The van der Waals surface area contributed by atoms with E-state index in [2.05, 4.69) is 17.2 Å². The van der Waals surface area contributed by atoms with E-state index >= 15 is 0 Å². The van der Waals surface area contributed by atoms with Gasteiger partial charge >= 0.3 is 0 Å². The average molecular weight is 291 g/mol. The summed E-state index contributed by atoms with van der Waals surface area (Å²) in [4.78, 5) is 12.1. The van der Waals surface area contributed by atoms with E-state index in [0.717, 1.165) is 6.42 Å². The highest BCUT2D eigenvalue weighted by Crippen LogP contribution is 2.18. The molecule has 0 heterocycles. The van der Waals surface area contributed by atoms with Crippen LogP contribution in [0.2, 0.25) is 0 Å². The number of aliphatic hydroxyl groups excluding tert-OH is 1. The molecule has 0 spiro atoms. The number of carbonyl (C=O) groups excluding carboxylic acids is 1. The van der Waals surface area contributed by atoms with Crippen LogP contribution in [-0.2, 0) is 0 Å². The third-order valence-electron chi connectivity index (χ3n) is 3.37. The minimum atomic E-state index is -0.561. The third-order valence-corrected chi connectivity index (χ3v) is 3.37. The zero-order valence-electron chi connectivity index (χ0n) is 12.8. The number of aliphatic hydroxyl groups is 1. The molecular weight excluding hydrogens is 269 g/mol. The van der Waals surface area contributed by atoms with Crippen LogP contribution in [-0.4, -0.2) is 24.2 Å². The van der Waals surface area contributed by atoms with Crippen molar-refractivity contribution in [2.75, 3.05) is 13.2 Å². The van der Waals surface area contributed by atoms with Gasteiger partial charge in [0.2, 0.25) is 0 Å². The summed E-state index contributed by atoms with van der Waals surface area (Å²) in [5, 5.41) is 11.4. The molecule has 1 amide bonds. The summed E-state index contributed by atoms with van der Waals surface area (Å²) in [7, 11) is 0. The summed E-state index contributed by atoms with van der Waals surface area (Å²) in [6.45, 7) is 6.60. The SMILES string of the molecule is CCC(C)(C)CNC(=O)c1cc(C#CCCO)ccc1F. The van der Waals surface area contributed by atoms with Crippen LogP contribution < -0.4 is 5.32 Å². The molecule has 0 atom stereocenters. The van der Waals surface area contributed by atoms with Crippen molar-refractivity contribution in [2.45, 2.75) is 33.6 Å². The molecule has 21 heavy (non-hydrogen) atoms. The molecule has 1 aromatic rings. The van der Waals surface area contributed by atoms with Gasteiger partial charge in [0, 0.05) is 18.5 Å². The normalized spacial score (nSPS) is 10.7. The van der Waals surface area contributed by atoms with Crippen molar-refractivity contribution in [3.05, 3.63) is 35.1 Å². The number of carbonyl (C=O) groups is 1. The Bertz CT molecular complexity index is 556. The van der Waals surface area contributed by atoms with Gasteiger partial charge in [0.1, 0.15) is 5.82 Å². The summed E-state index contributed by atoms with van der Waals surface area (Å²) < 4.78 is 13.8. The Morgan fingerprint density at radius 3 is 2.76 bits per heavy atom. The van der Waals surface area contributed by atoms with Crippen molar-refractivity contribution >= 4 is 5.91 Å². The van der Waals surface area contributed by atoms with Gasteiger partial charge in [-0.05, 0) is 30.0 Å². The number of amides is 1. The molecule has 0 saturated carbocycles.